The fourth-order valence-electron chi connectivity index (χ4n) is 2.89. The number of ether oxygens (including phenoxy) is 3. The van der Waals surface area contributed by atoms with E-state index >= 15 is 0 Å². The number of methoxy groups -OCH3 is 1. The monoisotopic (exact) mass is 378 g/mol. The number of para-hydroxylation sites is 1. The van der Waals surface area contributed by atoms with Crippen molar-refractivity contribution in [1.29, 1.82) is 0 Å². The quantitative estimate of drug-likeness (QED) is 0.568. The van der Waals surface area contributed by atoms with E-state index < -0.39 is 0 Å². The van der Waals surface area contributed by atoms with Crippen LogP contribution in [0.3, 0.4) is 0 Å². The van der Waals surface area contributed by atoms with E-state index in [0.717, 1.165) is 21.8 Å². The Morgan fingerprint density at radius 1 is 1.15 bits per heavy atom. The molecule has 0 fully saturated rings. The van der Waals surface area contributed by atoms with Crippen molar-refractivity contribution in [3.63, 3.8) is 0 Å². The number of allylic oxidation sites excluding steroid dienone is 1. The van der Waals surface area contributed by atoms with Crippen molar-refractivity contribution in [3.05, 3.63) is 81.2 Å². The van der Waals surface area contributed by atoms with Crippen LogP contribution in [-0.2, 0) is 6.61 Å². The highest BCUT2D eigenvalue weighted by Gasteiger charge is 2.28. The van der Waals surface area contributed by atoms with Crippen molar-refractivity contribution >= 4 is 23.2 Å². The van der Waals surface area contributed by atoms with Crippen LogP contribution < -0.4 is 14.2 Å². The summed E-state index contributed by atoms with van der Waals surface area (Å²) < 4.78 is 17.0. The molecule has 1 aliphatic heterocycles. The van der Waals surface area contributed by atoms with Gasteiger partial charge in [0.2, 0.25) is 5.78 Å². The molecule has 0 bridgehead atoms. The number of aryl methyl sites for hydroxylation is 1. The second kappa shape index (κ2) is 7.29. The Balaban J connectivity index is 1.53. The van der Waals surface area contributed by atoms with Crippen LogP contribution in [0.4, 0.5) is 0 Å². The van der Waals surface area contributed by atoms with Gasteiger partial charge in [0.15, 0.2) is 5.76 Å². The zero-order valence-electron chi connectivity index (χ0n) is 15.0. The molecule has 3 aromatic rings. The van der Waals surface area contributed by atoms with Gasteiger partial charge in [-0.3, -0.25) is 4.79 Å². The third-order valence-corrected chi connectivity index (χ3v) is 5.36. The highest BCUT2D eigenvalue weighted by molar-refractivity contribution is 7.11. The number of ketones is 1. The zero-order valence-corrected chi connectivity index (χ0v) is 15.8. The Bertz CT molecular complexity index is 1030. The first-order valence-electron chi connectivity index (χ1n) is 8.53. The minimum absolute atomic E-state index is 0.103. The summed E-state index contributed by atoms with van der Waals surface area (Å²) in [6.45, 7) is 2.38. The van der Waals surface area contributed by atoms with E-state index in [9.17, 15) is 4.79 Å². The molecule has 0 aliphatic carbocycles. The first-order valence-corrected chi connectivity index (χ1v) is 9.41. The lowest BCUT2D eigenvalue weighted by Gasteiger charge is -2.10. The lowest BCUT2D eigenvalue weighted by molar-refractivity contribution is 0.101. The summed E-state index contributed by atoms with van der Waals surface area (Å²) in [7, 11) is 1.64. The smallest absolute Gasteiger partial charge is 0.232 e. The van der Waals surface area contributed by atoms with Gasteiger partial charge in [0.25, 0.3) is 0 Å². The van der Waals surface area contributed by atoms with Gasteiger partial charge in [-0.15, -0.1) is 11.3 Å². The number of rotatable bonds is 5. The first kappa shape index (κ1) is 17.4. The maximum atomic E-state index is 12.6. The van der Waals surface area contributed by atoms with E-state index in [4.69, 9.17) is 14.2 Å². The number of Topliss-reactive ketones (excluding diaryl/α,β-unsaturated/α-hetero) is 1. The Labute approximate surface area is 161 Å². The van der Waals surface area contributed by atoms with Gasteiger partial charge in [-0.25, -0.2) is 0 Å². The molecule has 4 rings (SSSR count). The summed E-state index contributed by atoms with van der Waals surface area (Å²) in [5.74, 6) is 2.19. The summed E-state index contributed by atoms with van der Waals surface area (Å²) in [6.07, 6.45) is 1.80. The molecule has 0 radical (unpaired) electrons. The molecule has 2 aromatic carbocycles. The minimum atomic E-state index is -0.103. The maximum absolute atomic E-state index is 12.6. The summed E-state index contributed by atoms with van der Waals surface area (Å²) >= 11 is 1.58. The Morgan fingerprint density at radius 3 is 2.78 bits per heavy atom. The molecule has 0 unspecified atom stereocenters. The largest absolute Gasteiger partial charge is 0.496 e. The molecule has 0 saturated heterocycles. The number of fused-ring (bicyclic) bond motifs is 1. The average molecular weight is 378 g/mol. The highest BCUT2D eigenvalue weighted by atomic mass is 32.1. The molecule has 1 aromatic heterocycles. The lowest BCUT2D eigenvalue weighted by atomic mass is 10.1. The van der Waals surface area contributed by atoms with Crippen LogP contribution in [0.15, 0.2) is 59.7 Å². The van der Waals surface area contributed by atoms with Crippen LogP contribution in [0.25, 0.3) is 6.08 Å². The second-order valence-corrected chi connectivity index (χ2v) is 7.11. The van der Waals surface area contributed by atoms with Gasteiger partial charge in [0, 0.05) is 22.6 Å². The summed E-state index contributed by atoms with van der Waals surface area (Å²) in [6, 6.07) is 15.0. The summed E-state index contributed by atoms with van der Waals surface area (Å²) in [4.78, 5) is 13.6. The zero-order chi connectivity index (χ0) is 18.8. The maximum Gasteiger partial charge on any atom is 0.232 e. The van der Waals surface area contributed by atoms with Crippen molar-refractivity contribution in [1.82, 2.24) is 0 Å². The number of carbonyl (C=O) groups is 1. The van der Waals surface area contributed by atoms with Gasteiger partial charge in [0.05, 0.1) is 12.7 Å². The van der Waals surface area contributed by atoms with Crippen molar-refractivity contribution < 1.29 is 19.0 Å². The van der Waals surface area contributed by atoms with Gasteiger partial charge < -0.3 is 14.2 Å². The van der Waals surface area contributed by atoms with E-state index in [1.54, 1.807) is 42.7 Å². The molecule has 2 heterocycles. The highest BCUT2D eigenvalue weighted by Crippen LogP contribution is 2.36. The van der Waals surface area contributed by atoms with Crippen LogP contribution in [0.1, 0.15) is 26.4 Å². The number of hydrogen-bond donors (Lipinski definition) is 0. The molecule has 0 amide bonds. The summed E-state index contributed by atoms with van der Waals surface area (Å²) in [5, 5.41) is 2.00. The van der Waals surface area contributed by atoms with Gasteiger partial charge >= 0.3 is 0 Å². The minimum Gasteiger partial charge on any atom is -0.496 e. The molecular formula is C22H18O4S. The molecule has 5 heteroatoms. The normalized spacial score (nSPS) is 14.1. The van der Waals surface area contributed by atoms with E-state index in [-0.39, 0.29) is 5.78 Å². The van der Waals surface area contributed by atoms with E-state index in [1.807, 2.05) is 42.6 Å². The van der Waals surface area contributed by atoms with E-state index in [1.165, 1.54) is 0 Å². The Kier molecular flexibility index (Phi) is 4.69. The van der Waals surface area contributed by atoms with E-state index in [2.05, 4.69) is 0 Å². The predicted molar refractivity (Wildman–Crippen MR) is 106 cm³/mol. The van der Waals surface area contributed by atoms with Crippen molar-refractivity contribution in [3.8, 4) is 17.2 Å². The molecular weight excluding hydrogens is 360 g/mol. The first-order chi connectivity index (χ1) is 13.2. The molecule has 27 heavy (non-hydrogen) atoms. The molecule has 1 aliphatic rings. The Morgan fingerprint density at radius 2 is 2.00 bits per heavy atom. The third-order valence-electron chi connectivity index (χ3n) is 4.39. The fraction of sp³-hybridized carbons (Fsp3) is 0.136. The second-order valence-electron chi connectivity index (χ2n) is 6.17. The SMILES string of the molecule is COc1ccccc1COc1ccc2c(c1)O/C(=C\c1sccc1C)C2=O. The molecule has 0 atom stereocenters. The predicted octanol–water partition coefficient (Wildman–Crippen LogP) is 5.26. The number of benzene rings is 2. The van der Waals surface area contributed by atoms with Crippen LogP contribution >= 0.6 is 11.3 Å². The van der Waals surface area contributed by atoms with Gasteiger partial charge in [-0.05, 0) is 42.1 Å². The number of thiophene rings is 1. The van der Waals surface area contributed by atoms with E-state index in [0.29, 0.717) is 29.4 Å². The molecule has 0 spiro atoms. The van der Waals surface area contributed by atoms with Crippen LogP contribution in [-0.4, -0.2) is 12.9 Å². The third kappa shape index (κ3) is 3.46. The van der Waals surface area contributed by atoms with Crippen molar-refractivity contribution in [2.45, 2.75) is 13.5 Å². The van der Waals surface area contributed by atoms with Crippen LogP contribution in [0.5, 0.6) is 17.2 Å². The Hall–Kier alpha value is -3.05. The van der Waals surface area contributed by atoms with Crippen LogP contribution in [0.2, 0.25) is 0 Å². The topological polar surface area (TPSA) is 44.8 Å². The number of carbonyl (C=O) groups excluding carboxylic acids is 1. The molecule has 0 N–H and O–H groups in total. The van der Waals surface area contributed by atoms with Gasteiger partial charge in [-0.2, -0.15) is 0 Å². The average Bonchev–Trinajstić information content (AvgIpc) is 3.23. The number of hydrogen-bond acceptors (Lipinski definition) is 5. The molecule has 0 saturated carbocycles. The fourth-order valence-corrected chi connectivity index (χ4v) is 3.74. The molecule has 4 nitrogen and oxygen atoms in total. The van der Waals surface area contributed by atoms with Gasteiger partial charge in [0.1, 0.15) is 23.9 Å². The molecule has 136 valence electrons. The van der Waals surface area contributed by atoms with Gasteiger partial charge in [-0.1, -0.05) is 18.2 Å². The lowest BCUT2D eigenvalue weighted by Crippen LogP contribution is -1.98. The van der Waals surface area contributed by atoms with Crippen LogP contribution in [0, 0.1) is 6.92 Å². The summed E-state index contributed by atoms with van der Waals surface area (Å²) in [5.41, 5.74) is 2.63. The van der Waals surface area contributed by atoms with Crippen molar-refractivity contribution in [2.75, 3.05) is 7.11 Å². The standard InChI is InChI=1S/C22H18O4S/c1-14-9-10-27-21(14)12-20-22(23)17-8-7-16(11-19(17)26-20)25-13-15-5-3-4-6-18(15)24-2/h3-12H,13H2,1-2H3/b20-12-. The van der Waals surface area contributed by atoms with Crippen molar-refractivity contribution in [2.24, 2.45) is 0 Å².